The largest absolute Gasteiger partial charge is 0.359 e. The van der Waals surface area contributed by atoms with Gasteiger partial charge in [0.2, 0.25) is 5.91 Å². The number of rotatable bonds is 5. The first-order valence-electron chi connectivity index (χ1n) is 6.66. The number of hydrogen-bond donors (Lipinski definition) is 2. The summed E-state index contributed by atoms with van der Waals surface area (Å²) < 4.78 is 0. The van der Waals surface area contributed by atoms with Gasteiger partial charge < -0.3 is 5.32 Å². The molecule has 0 aromatic rings. The molecule has 5 heteroatoms. The number of piperidine rings is 1. The Morgan fingerprint density at radius 3 is 2.83 bits per heavy atom. The van der Waals surface area contributed by atoms with Crippen molar-refractivity contribution in [2.75, 3.05) is 26.7 Å². The van der Waals surface area contributed by atoms with Crippen molar-refractivity contribution in [1.82, 2.24) is 15.5 Å². The second-order valence-corrected chi connectivity index (χ2v) is 5.22. The standard InChI is InChI=1S/C13H24N4O/c1-10(2)16-12(7-14)9-17-6-4-5-11(8-17)13(18)15-3/h10-12,16H,4-6,8-9H2,1-3H3,(H,15,18). The van der Waals surface area contributed by atoms with Crippen molar-refractivity contribution in [1.29, 1.82) is 5.26 Å². The van der Waals surface area contributed by atoms with Crippen LogP contribution in [0.5, 0.6) is 0 Å². The Bertz CT molecular complexity index is 311. The fourth-order valence-electron chi connectivity index (χ4n) is 2.43. The number of nitriles is 1. The van der Waals surface area contributed by atoms with Crippen LogP contribution < -0.4 is 10.6 Å². The van der Waals surface area contributed by atoms with E-state index in [0.29, 0.717) is 12.6 Å². The summed E-state index contributed by atoms with van der Waals surface area (Å²) in [5.41, 5.74) is 0. The molecule has 0 spiro atoms. The lowest BCUT2D eigenvalue weighted by atomic mass is 9.97. The van der Waals surface area contributed by atoms with E-state index in [1.54, 1.807) is 7.05 Å². The molecule has 1 saturated heterocycles. The third-order valence-corrected chi connectivity index (χ3v) is 3.25. The molecule has 0 radical (unpaired) electrons. The molecule has 2 atom stereocenters. The van der Waals surface area contributed by atoms with E-state index < -0.39 is 0 Å². The van der Waals surface area contributed by atoms with Gasteiger partial charge in [0.05, 0.1) is 12.0 Å². The lowest BCUT2D eigenvalue weighted by Gasteiger charge is -2.33. The van der Waals surface area contributed by atoms with E-state index >= 15 is 0 Å². The maximum Gasteiger partial charge on any atom is 0.224 e. The number of carbonyl (C=O) groups excluding carboxylic acids is 1. The summed E-state index contributed by atoms with van der Waals surface area (Å²) in [6, 6.07) is 2.43. The Morgan fingerprint density at radius 1 is 1.56 bits per heavy atom. The number of carbonyl (C=O) groups is 1. The monoisotopic (exact) mass is 252 g/mol. The Balaban J connectivity index is 2.46. The molecule has 2 unspecified atom stereocenters. The molecule has 1 rings (SSSR count). The van der Waals surface area contributed by atoms with Crippen molar-refractivity contribution in [3.63, 3.8) is 0 Å². The van der Waals surface area contributed by atoms with E-state index in [1.165, 1.54) is 0 Å². The van der Waals surface area contributed by atoms with Crippen LogP contribution >= 0.6 is 0 Å². The zero-order valence-corrected chi connectivity index (χ0v) is 11.6. The molecule has 0 aromatic carbocycles. The van der Waals surface area contributed by atoms with Crippen molar-refractivity contribution in [2.45, 2.75) is 38.8 Å². The minimum atomic E-state index is -0.159. The highest BCUT2D eigenvalue weighted by molar-refractivity contribution is 5.78. The summed E-state index contributed by atoms with van der Waals surface area (Å²) >= 11 is 0. The van der Waals surface area contributed by atoms with Gasteiger partial charge >= 0.3 is 0 Å². The number of nitrogens with zero attached hydrogens (tertiary/aromatic N) is 2. The number of likely N-dealkylation sites (tertiary alicyclic amines) is 1. The predicted molar refractivity (Wildman–Crippen MR) is 70.9 cm³/mol. The fourth-order valence-corrected chi connectivity index (χ4v) is 2.43. The molecular formula is C13H24N4O. The Morgan fingerprint density at radius 2 is 2.28 bits per heavy atom. The molecule has 1 fully saturated rings. The predicted octanol–water partition coefficient (Wildman–Crippen LogP) is 0.335. The summed E-state index contributed by atoms with van der Waals surface area (Å²) in [6.07, 6.45) is 1.98. The average molecular weight is 252 g/mol. The minimum absolute atomic E-state index is 0.0714. The summed E-state index contributed by atoms with van der Waals surface area (Å²) in [6.45, 7) is 6.51. The van der Waals surface area contributed by atoms with Gasteiger partial charge in [-0.2, -0.15) is 5.26 Å². The zero-order chi connectivity index (χ0) is 13.5. The first-order valence-corrected chi connectivity index (χ1v) is 6.66. The van der Waals surface area contributed by atoms with Crippen molar-refractivity contribution in [3.8, 4) is 6.07 Å². The summed E-state index contributed by atoms with van der Waals surface area (Å²) in [5.74, 6) is 0.187. The number of amides is 1. The molecule has 0 bridgehead atoms. The second kappa shape index (κ2) is 7.34. The van der Waals surface area contributed by atoms with E-state index in [0.717, 1.165) is 25.9 Å². The Hall–Kier alpha value is -1.12. The van der Waals surface area contributed by atoms with E-state index in [4.69, 9.17) is 5.26 Å². The molecule has 102 valence electrons. The minimum Gasteiger partial charge on any atom is -0.359 e. The zero-order valence-electron chi connectivity index (χ0n) is 11.6. The highest BCUT2D eigenvalue weighted by Crippen LogP contribution is 2.16. The lowest BCUT2D eigenvalue weighted by Crippen LogP contribution is -2.48. The van der Waals surface area contributed by atoms with E-state index in [9.17, 15) is 4.79 Å². The van der Waals surface area contributed by atoms with Crippen molar-refractivity contribution in [2.24, 2.45) is 5.92 Å². The first kappa shape index (κ1) is 14.9. The van der Waals surface area contributed by atoms with Crippen molar-refractivity contribution in [3.05, 3.63) is 0 Å². The van der Waals surface area contributed by atoms with Gasteiger partial charge in [0.15, 0.2) is 0 Å². The molecule has 1 aliphatic rings. The second-order valence-electron chi connectivity index (χ2n) is 5.22. The molecular weight excluding hydrogens is 228 g/mol. The molecule has 0 aliphatic carbocycles. The van der Waals surface area contributed by atoms with Gasteiger partial charge in [-0.05, 0) is 33.2 Å². The summed E-state index contributed by atoms with van der Waals surface area (Å²) in [5, 5.41) is 15.0. The number of hydrogen-bond acceptors (Lipinski definition) is 4. The molecule has 0 aromatic heterocycles. The number of nitrogens with one attached hydrogen (secondary N) is 2. The maximum absolute atomic E-state index is 11.6. The van der Waals surface area contributed by atoms with Crippen LogP contribution in [0.25, 0.3) is 0 Å². The average Bonchev–Trinajstić information content (AvgIpc) is 2.36. The lowest BCUT2D eigenvalue weighted by molar-refractivity contribution is -0.126. The molecule has 1 amide bonds. The van der Waals surface area contributed by atoms with Crippen LogP contribution in [-0.2, 0) is 4.79 Å². The van der Waals surface area contributed by atoms with Crippen LogP contribution in [-0.4, -0.2) is 49.6 Å². The van der Waals surface area contributed by atoms with Gasteiger partial charge in [0.1, 0.15) is 6.04 Å². The van der Waals surface area contributed by atoms with Crippen LogP contribution in [0.4, 0.5) is 0 Å². The van der Waals surface area contributed by atoms with Crippen LogP contribution in [0, 0.1) is 17.2 Å². The molecule has 0 saturated carbocycles. The van der Waals surface area contributed by atoms with Gasteiger partial charge in [-0.15, -0.1) is 0 Å². The molecule has 5 nitrogen and oxygen atoms in total. The van der Waals surface area contributed by atoms with Crippen LogP contribution in [0.3, 0.4) is 0 Å². The van der Waals surface area contributed by atoms with E-state index in [1.807, 2.05) is 13.8 Å². The smallest absolute Gasteiger partial charge is 0.224 e. The summed E-state index contributed by atoms with van der Waals surface area (Å²) in [4.78, 5) is 13.8. The Kier molecular flexibility index (Phi) is 6.10. The Labute approximate surface area is 110 Å². The van der Waals surface area contributed by atoms with Crippen LogP contribution in [0.15, 0.2) is 0 Å². The highest BCUT2D eigenvalue weighted by atomic mass is 16.1. The van der Waals surface area contributed by atoms with Crippen LogP contribution in [0.2, 0.25) is 0 Å². The topological polar surface area (TPSA) is 68.2 Å². The molecule has 18 heavy (non-hydrogen) atoms. The maximum atomic E-state index is 11.6. The molecule has 2 N–H and O–H groups in total. The fraction of sp³-hybridized carbons (Fsp3) is 0.846. The normalized spacial score (nSPS) is 22.5. The molecule has 1 heterocycles. The van der Waals surface area contributed by atoms with E-state index in [2.05, 4.69) is 21.6 Å². The van der Waals surface area contributed by atoms with Gasteiger partial charge in [-0.1, -0.05) is 0 Å². The third kappa shape index (κ3) is 4.63. The van der Waals surface area contributed by atoms with Crippen molar-refractivity contribution < 1.29 is 4.79 Å². The van der Waals surface area contributed by atoms with Gasteiger partial charge in [-0.25, -0.2) is 0 Å². The highest BCUT2D eigenvalue weighted by Gasteiger charge is 2.26. The SMILES string of the molecule is CNC(=O)C1CCCN(CC(C#N)NC(C)C)C1. The quantitative estimate of drug-likeness (QED) is 0.740. The van der Waals surface area contributed by atoms with Gasteiger partial charge in [0, 0.05) is 26.2 Å². The summed E-state index contributed by atoms with van der Waals surface area (Å²) in [7, 11) is 1.68. The van der Waals surface area contributed by atoms with Gasteiger partial charge in [-0.3, -0.25) is 15.0 Å². The van der Waals surface area contributed by atoms with Crippen LogP contribution in [0.1, 0.15) is 26.7 Å². The third-order valence-electron chi connectivity index (χ3n) is 3.25. The molecule has 1 aliphatic heterocycles. The first-order chi connectivity index (χ1) is 8.56. The van der Waals surface area contributed by atoms with Gasteiger partial charge in [0.25, 0.3) is 0 Å². The van der Waals surface area contributed by atoms with E-state index in [-0.39, 0.29) is 17.9 Å². The van der Waals surface area contributed by atoms with Crippen molar-refractivity contribution >= 4 is 5.91 Å².